The lowest BCUT2D eigenvalue weighted by atomic mass is 10.2. The Bertz CT molecular complexity index is 328. The lowest BCUT2D eigenvalue weighted by molar-refractivity contribution is -0.384. The fraction of sp³-hybridized carbons (Fsp3) is 0.250. The van der Waals surface area contributed by atoms with Crippen LogP contribution in [0.15, 0.2) is 18.2 Å². The lowest BCUT2D eigenvalue weighted by Crippen LogP contribution is -2.00. The molecule has 1 aromatic rings. The summed E-state index contributed by atoms with van der Waals surface area (Å²) in [5.74, 6) is 0. The van der Waals surface area contributed by atoms with E-state index in [1.807, 2.05) is 6.92 Å². The number of anilines is 1. The van der Waals surface area contributed by atoms with E-state index in [9.17, 15) is 10.1 Å². The number of halogens is 1. The Morgan fingerprint density at radius 1 is 1.62 bits per heavy atom. The molecular formula is C8H9ClN2O2. The van der Waals surface area contributed by atoms with Crippen molar-refractivity contribution < 1.29 is 4.92 Å². The van der Waals surface area contributed by atoms with Gasteiger partial charge in [0.15, 0.2) is 0 Å². The molecule has 0 saturated heterocycles. The normalized spacial score (nSPS) is 9.69. The molecule has 0 atom stereocenters. The SMILES string of the molecule is CCNc1cc(Cl)ccc1[N+](=O)[O-]. The molecule has 0 heterocycles. The number of nitrogens with zero attached hydrogens (tertiary/aromatic N) is 1. The maximum atomic E-state index is 10.5. The van der Waals surface area contributed by atoms with Gasteiger partial charge in [0, 0.05) is 17.6 Å². The van der Waals surface area contributed by atoms with Crippen LogP contribution >= 0.6 is 11.6 Å². The number of hydrogen-bond donors (Lipinski definition) is 1. The van der Waals surface area contributed by atoms with Crippen molar-refractivity contribution in [2.45, 2.75) is 6.92 Å². The molecular weight excluding hydrogens is 192 g/mol. The summed E-state index contributed by atoms with van der Waals surface area (Å²) in [6.45, 7) is 2.49. The van der Waals surface area contributed by atoms with Gasteiger partial charge in [0.1, 0.15) is 5.69 Å². The second kappa shape index (κ2) is 4.09. The van der Waals surface area contributed by atoms with E-state index in [-0.39, 0.29) is 5.69 Å². The lowest BCUT2D eigenvalue weighted by Gasteiger charge is -2.03. The van der Waals surface area contributed by atoms with Crippen LogP contribution < -0.4 is 5.32 Å². The van der Waals surface area contributed by atoms with Gasteiger partial charge < -0.3 is 5.32 Å². The first-order valence-electron chi connectivity index (χ1n) is 3.83. The largest absolute Gasteiger partial charge is 0.380 e. The smallest absolute Gasteiger partial charge is 0.292 e. The van der Waals surface area contributed by atoms with E-state index in [2.05, 4.69) is 5.32 Å². The Labute approximate surface area is 80.7 Å². The summed E-state index contributed by atoms with van der Waals surface area (Å²) >= 11 is 5.69. The van der Waals surface area contributed by atoms with Crippen LogP contribution in [-0.4, -0.2) is 11.5 Å². The van der Waals surface area contributed by atoms with Crippen molar-refractivity contribution in [3.63, 3.8) is 0 Å². The molecule has 5 heteroatoms. The molecule has 0 saturated carbocycles. The highest BCUT2D eigenvalue weighted by Gasteiger charge is 2.12. The molecule has 0 aliphatic carbocycles. The third-order valence-corrected chi connectivity index (χ3v) is 1.76. The fourth-order valence-electron chi connectivity index (χ4n) is 1.000. The van der Waals surface area contributed by atoms with Crippen LogP contribution in [0.25, 0.3) is 0 Å². The Kier molecular flexibility index (Phi) is 3.08. The quantitative estimate of drug-likeness (QED) is 0.603. The molecule has 0 fully saturated rings. The van der Waals surface area contributed by atoms with Crippen molar-refractivity contribution in [3.8, 4) is 0 Å². The maximum absolute atomic E-state index is 10.5. The summed E-state index contributed by atoms with van der Waals surface area (Å²) < 4.78 is 0. The van der Waals surface area contributed by atoms with E-state index in [0.717, 1.165) is 0 Å². The summed E-state index contributed by atoms with van der Waals surface area (Å²) in [5.41, 5.74) is 0.506. The minimum Gasteiger partial charge on any atom is -0.380 e. The Balaban J connectivity index is 3.10. The van der Waals surface area contributed by atoms with Crippen molar-refractivity contribution in [1.29, 1.82) is 0 Å². The van der Waals surface area contributed by atoms with Crippen LogP contribution in [0.5, 0.6) is 0 Å². The number of hydrogen-bond acceptors (Lipinski definition) is 3. The van der Waals surface area contributed by atoms with Gasteiger partial charge in [0.05, 0.1) is 4.92 Å². The molecule has 0 aromatic heterocycles. The first-order valence-corrected chi connectivity index (χ1v) is 4.20. The van der Waals surface area contributed by atoms with Gasteiger partial charge in [-0.2, -0.15) is 0 Å². The first-order chi connectivity index (χ1) is 6.15. The van der Waals surface area contributed by atoms with Crippen molar-refractivity contribution >= 4 is 23.0 Å². The summed E-state index contributed by atoms with van der Waals surface area (Å²) in [7, 11) is 0. The Morgan fingerprint density at radius 3 is 2.85 bits per heavy atom. The van der Waals surface area contributed by atoms with Crippen LogP contribution in [0.4, 0.5) is 11.4 Å². The molecule has 1 aromatic carbocycles. The zero-order chi connectivity index (χ0) is 9.84. The molecule has 70 valence electrons. The molecule has 1 N–H and O–H groups in total. The average Bonchev–Trinajstić information content (AvgIpc) is 2.04. The fourth-order valence-corrected chi connectivity index (χ4v) is 1.17. The number of rotatable bonds is 3. The van der Waals surface area contributed by atoms with Gasteiger partial charge in [-0.05, 0) is 19.1 Å². The number of benzene rings is 1. The van der Waals surface area contributed by atoms with E-state index >= 15 is 0 Å². The zero-order valence-electron chi connectivity index (χ0n) is 7.08. The summed E-state index contributed by atoms with van der Waals surface area (Å²) in [6, 6.07) is 4.43. The van der Waals surface area contributed by atoms with E-state index < -0.39 is 4.92 Å². The number of nitrogens with one attached hydrogen (secondary N) is 1. The van der Waals surface area contributed by atoms with Crippen molar-refractivity contribution in [2.24, 2.45) is 0 Å². The van der Waals surface area contributed by atoms with Gasteiger partial charge in [-0.3, -0.25) is 10.1 Å². The van der Waals surface area contributed by atoms with Gasteiger partial charge >= 0.3 is 0 Å². The highest BCUT2D eigenvalue weighted by atomic mass is 35.5. The van der Waals surface area contributed by atoms with E-state index in [1.165, 1.54) is 12.1 Å². The van der Waals surface area contributed by atoms with Crippen LogP contribution in [0.1, 0.15) is 6.92 Å². The second-order valence-electron chi connectivity index (χ2n) is 2.45. The van der Waals surface area contributed by atoms with Gasteiger partial charge in [0.2, 0.25) is 0 Å². The van der Waals surface area contributed by atoms with Gasteiger partial charge in [-0.25, -0.2) is 0 Å². The second-order valence-corrected chi connectivity index (χ2v) is 2.89. The Hall–Kier alpha value is -1.29. The first kappa shape index (κ1) is 9.80. The van der Waals surface area contributed by atoms with Crippen molar-refractivity contribution in [2.75, 3.05) is 11.9 Å². The molecule has 0 bridgehead atoms. The molecule has 0 unspecified atom stereocenters. The minimum absolute atomic E-state index is 0.0475. The molecule has 0 aliphatic heterocycles. The average molecular weight is 201 g/mol. The third-order valence-electron chi connectivity index (χ3n) is 1.52. The number of nitro groups is 1. The molecule has 4 nitrogen and oxygen atoms in total. The molecule has 13 heavy (non-hydrogen) atoms. The topological polar surface area (TPSA) is 55.2 Å². The van der Waals surface area contributed by atoms with Gasteiger partial charge in [-0.1, -0.05) is 11.6 Å². The van der Waals surface area contributed by atoms with Gasteiger partial charge in [0.25, 0.3) is 5.69 Å². The molecule has 0 spiro atoms. The molecule has 0 amide bonds. The summed E-state index contributed by atoms with van der Waals surface area (Å²) in [6.07, 6.45) is 0. The van der Waals surface area contributed by atoms with E-state index in [1.54, 1.807) is 6.07 Å². The van der Waals surface area contributed by atoms with Crippen LogP contribution in [0, 0.1) is 10.1 Å². The van der Waals surface area contributed by atoms with Gasteiger partial charge in [-0.15, -0.1) is 0 Å². The highest BCUT2D eigenvalue weighted by molar-refractivity contribution is 6.31. The molecule has 1 rings (SSSR count). The molecule has 0 radical (unpaired) electrons. The van der Waals surface area contributed by atoms with Crippen molar-refractivity contribution in [3.05, 3.63) is 33.3 Å². The van der Waals surface area contributed by atoms with Crippen LogP contribution in [0.2, 0.25) is 5.02 Å². The predicted octanol–water partition coefficient (Wildman–Crippen LogP) is 2.68. The molecule has 0 aliphatic rings. The summed E-state index contributed by atoms with van der Waals surface area (Å²) in [5, 5.41) is 13.9. The zero-order valence-corrected chi connectivity index (χ0v) is 7.84. The minimum atomic E-state index is -0.436. The van der Waals surface area contributed by atoms with E-state index in [0.29, 0.717) is 17.3 Å². The third kappa shape index (κ3) is 2.32. The van der Waals surface area contributed by atoms with Crippen LogP contribution in [-0.2, 0) is 0 Å². The van der Waals surface area contributed by atoms with Crippen molar-refractivity contribution in [1.82, 2.24) is 0 Å². The van der Waals surface area contributed by atoms with Crippen LogP contribution in [0.3, 0.4) is 0 Å². The Morgan fingerprint density at radius 2 is 2.31 bits per heavy atom. The standard InChI is InChI=1S/C8H9ClN2O2/c1-2-10-7-5-6(9)3-4-8(7)11(12)13/h3-5,10H,2H2,1H3. The van der Waals surface area contributed by atoms with E-state index in [4.69, 9.17) is 11.6 Å². The number of nitro benzene ring substituents is 1. The summed E-state index contributed by atoms with van der Waals surface area (Å²) in [4.78, 5) is 10.1. The highest BCUT2D eigenvalue weighted by Crippen LogP contribution is 2.27. The maximum Gasteiger partial charge on any atom is 0.292 e. The monoisotopic (exact) mass is 200 g/mol. The predicted molar refractivity (Wildman–Crippen MR) is 52.3 cm³/mol.